The molecule has 0 radical (unpaired) electrons. The van der Waals surface area contributed by atoms with E-state index in [1.807, 2.05) is 12.1 Å². The minimum atomic E-state index is -3.67. The van der Waals surface area contributed by atoms with Gasteiger partial charge in [-0.2, -0.15) is 4.98 Å². The van der Waals surface area contributed by atoms with E-state index in [0.717, 1.165) is 23.7 Å². The van der Waals surface area contributed by atoms with E-state index in [-0.39, 0.29) is 22.1 Å². The topological polar surface area (TPSA) is 99.1 Å². The fourth-order valence-electron chi connectivity index (χ4n) is 5.57. The van der Waals surface area contributed by atoms with Crippen molar-refractivity contribution in [3.8, 4) is 0 Å². The van der Waals surface area contributed by atoms with Crippen LogP contribution < -0.4 is 5.14 Å². The molecule has 3 aliphatic rings. The van der Waals surface area contributed by atoms with Crippen LogP contribution in [0.3, 0.4) is 0 Å². The Morgan fingerprint density at radius 3 is 2.43 bits per heavy atom. The SMILES string of the molecule is CC1(C)[C@@H](c2ccc(S(N)(=O)=O)cc2)[C@@H]1c1noc(C2CCCCC23CC3)n1. The lowest BCUT2D eigenvalue weighted by Gasteiger charge is -2.28. The number of hydrogen-bond acceptors (Lipinski definition) is 5. The van der Waals surface area contributed by atoms with Crippen LogP contribution in [-0.4, -0.2) is 18.6 Å². The van der Waals surface area contributed by atoms with E-state index in [4.69, 9.17) is 14.6 Å². The summed E-state index contributed by atoms with van der Waals surface area (Å²) < 4.78 is 28.8. The van der Waals surface area contributed by atoms with Gasteiger partial charge < -0.3 is 4.52 Å². The van der Waals surface area contributed by atoms with Crippen LogP contribution in [-0.2, 0) is 10.0 Å². The van der Waals surface area contributed by atoms with Gasteiger partial charge in [-0.15, -0.1) is 0 Å². The van der Waals surface area contributed by atoms with E-state index in [1.54, 1.807) is 12.1 Å². The van der Waals surface area contributed by atoms with Gasteiger partial charge in [-0.25, -0.2) is 13.6 Å². The van der Waals surface area contributed by atoms with Crippen molar-refractivity contribution >= 4 is 10.0 Å². The number of nitrogens with two attached hydrogens (primary N) is 1. The molecular formula is C21H27N3O3S. The molecule has 0 aliphatic heterocycles. The third-order valence-electron chi connectivity index (χ3n) is 7.48. The quantitative estimate of drug-likeness (QED) is 0.833. The average Bonchev–Trinajstić information content (AvgIpc) is 3.45. The summed E-state index contributed by atoms with van der Waals surface area (Å²) in [6.07, 6.45) is 7.62. The Morgan fingerprint density at radius 1 is 1.07 bits per heavy atom. The molecule has 2 N–H and O–H groups in total. The molecule has 1 aromatic carbocycles. The van der Waals surface area contributed by atoms with Gasteiger partial charge in [0.2, 0.25) is 15.9 Å². The molecule has 7 heteroatoms. The lowest BCUT2D eigenvalue weighted by Crippen LogP contribution is -2.19. The lowest BCUT2D eigenvalue weighted by atomic mass is 9.76. The summed E-state index contributed by atoms with van der Waals surface area (Å²) in [5.41, 5.74) is 1.53. The summed E-state index contributed by atoms with van der Waals surface area (Å²) in [6.45, 7) is 4.41. The maximum atomic E-state index is 11.5. The molecule has 2 aromatic rings. The Labute approximate surface area is 166 Å². The van der Waals surface area contributed by atoms with Crippen molar-refractivity contribution in [3.63, 3.8) is 0 Å². The molecule has 3 aliphatic carbocycles. The number of primary sulfonamides is 1. The zero-order valence-corrected chi connectivity index (χ0v) is 17.2. The van der Waals surface area contributed by atoms with Crippen LogP contribution in [0.15, 0.2) is 33.7 Å². The van der Waals surface area contributed by atoms with E-state index in [9.17, 15) is 8.42 Å². The lowest BCUT2D eigenvalue weighted by molar-refractivity contribution is 0.227. The molecule has 0 saturated heterocycles. The minimum Gasteiger partial charge on any atom is -0.339 e. The van der Waals surface area contributed by atoms with Gasteiger partial charge in [0.25, 0.3) is 0 Å². The highest BCUT2D eigenvalue weighted by molar-refractivity contribution is 7.89. The normalized spacial score (nSPS) is 30.3. The predicted molar refractivity (Wildman–Crippen MR) is 104 cm³/mol. The number of rotatable bonds is 4. The van der Waals surface area contributed by atoms with E-state index in [0.29, 0.717) is 11.3 Å². The molecule has 3 saturated carbocycles. The van der Waals surface area contributed by atoms with Gasteiger partial charge in [0.05, 0.1) is 4.90 Å². The molecule has 1 heterocycles. The Kier molecular flexibility index (Phi) is 3.85. The van der Waals surface area contributed by atoms with Gasteiger partial charge in [-0.1, -0.05) is 44.0 Å². The molecule has 0 amide bonds. The molecule has 1 aromatic heterocycles. The van der Waals surface area contributed by atoms with E-state index in [2.05, 4.69) is 19.0 Å². The minimum absolute atomic E-state index is 0.00802. The Balaban J connectivity index is 1.39. The maximum Gasteiger partial charge on any atom is 0.238 e. The van der Waals surface area contributed by atoms with Crippen LogP contribution >= 0.6 is 0 Å². The van der Waals surface area contributed by atoms with Crippen molar-refractivity contribution in [1.29, 1.82) is 0 Å². The monoisotopic (exact) mass is 401 g/mol. The largest absolute Gasteiger partial charge is 0.339 e. The summed E-state index contributed by atoms with van der Waals surface area (Å²) in [7, 11) is -3.67. The number of hydrogen-bond donors (Lipinski definition) is 1. The van der Waals surface area contributed by atoms with Crippen LogP contribution in [0.4, 0.5) is 0 Å². The van der Waals surface area contributed by atoms with E-state index >= 15 is 0 Å². The van der Waals surface area contributed by atoms with Gasteiger partial charge in [-0.05, 0) is 54.2 Å². The second-order valence-corrected chi connectivity index (χ2v) is 11.1. The van der Waals surface area contributed by atoms with Gasteiger partial charge in [-0.3, -0.25) is 0 Å². The number of nitrogens with zero attached hydrogens (tertiary/aromatic N) is 2. The number of aromatic nitrogens is 2. The van der Waals surface area contributed by atoms with Crippen molar-refractivity contribution in [2.24, 2.45) is 16.0 Å². The van der Waals surface area contributed by atoms with E-state index in [1.165, 1.54) is 32.1 Å². The van der Waals surface area contributed by atoms with Crippen LogP contribution in [0.2, 0.25) is 0 Å². The molecule has 3 fully saturated rings. The molecule has 1 spiro atoms. The highest BCUT2D eigenvalue weighted by Gasteiger charge is 2.61. The molecular weight excluding hydrogens is 374 g/mol. The van der Waals surface area contributed by atoms with Crippen molar-refractivity contribution in [1.82, 2.24) is 10.1 Å². The van der Waals surface area contributed by atoms with Gasteiger partial charge >= 0.3 is 0 Å². The predicted octanol–water partition coefficient (Wildman–Crippen LogP) is 4.06. The number of benzene rings is 1. The summed E-state index contributed by atoms with van der Waals surface area (Å²) in [4.78, 5) is 5.01. The summed E-state index contributed by atoms with van der Waals surface area (Å²) in [5, 5.41) is 9.58. The van der Waals surface area contributed by atoms with Crippen molar-refractivity contribution in [2.75, 3.05) is 0 Å². The van der Waals surface area contributed by atoms with Gasteiger partial charge in [0.15, 0.2) is 5.82 Å². The van der Waals surface area contributed by atoms with Crippen LogP contribution in [0.1, 0.15) is 87.4 Å². The first-order chi connectivity index (χ1) is 13.2. The number of sulfonamides is 1. The molecule has 0 bridgehead atoms. The van der Waals surface area contributed by atoms with E-state index < -0.39 is 10.0 Å². The first kappa shape index (κ1) is 18.3. The molecule has 1 unspecified atom stereocenters. The molecule has 3 atom stereocenters. The Morgan fingerprint density at radius 2 is 1.79 bits per heavy atom. The average molecular weight is 402 g/mol. The zero-order chi connectivity index (χ0) is 19.7. The molecule has 6 nitrogen and oxygen atoms in total. The Hall–Kier alpha value is -1.73. The first-order valence-corrected chi connectivity index (χ1v) is 11.7. The second-order valence-electron chi connectivity index (χ2n) is 9.54. The summed E-state index contributed by atoms with van der Waals surface area (Å²) >= 11 is 0. The summed E-state index contributed by atoms with van der Waals surface area (Å²) in [5.74, 6) is 2.48. The zero-order valence-electron chi connectivity index (χ0n) is 16.4. The highest BCUT2D eigenvalue weighted by atomic mass is 32.2. The fraction of sp³-hybridized carbons (Fsp3) is 0.619. The molecule has 150 valence electrons. The van der Waals surface area contributed by atoms with Gasteiger partial charge in [0, 0.05) is 17.8 Å². The maximum absolute atomic E-state index is 11.5. The molecule has 5 rings (SSSR count). The smallest absolute Gasteiger partial charge is 0.238 e. The third kappa shape index (κ3) is 2.82. The third-order valence-corrected chi connectivity index (χ3v) is 8.41. The second kappa shape index (κ2) is 5.89. The van der Waals surface area contributed by atoms with Crippen LogP contribution in [0, 0.1) is 10.8 Å². The van der Waals surface area contributed by atoms with Crippen molar-refractivity contribution in [2.45, 2.75) is 75.0 Å². The standard InChI is InChI=1S/C21H27N3O3S/c1-20(2)16(13-6-8-14(9-7-13)28(22,25)26)17(20)18-23-19(27-24-18)15-5-3-4-10-21(15)11-12-21/h6-9,15-17H,3-5,10-12H2,1-2H3,(H2,22,25,26)/t15?,16-,17+/m0/s1. The van der Waals surface area contributed by atoms with Gasteiger partial charge in [0.1, 0.15) is 0 Å². The van der Waals surface area contributed by atoms with Crippen molar-refractivity contribution in [3.05, 3.63) is 41.5 Å². The summed E-state index contributed by atoms with van der Waals surface area (Å²) in [6, 6.07) is 6.87. The van der Waals surface area contributed by atoms with Crippen molar-refractivity contribution < 1.29 is 12.9 Å². The first-order valence-electron chi connectivity index (χ1n) is 10.2. The molecule has 28 heavy (non-hydrogen) atoms. The van der Waals surface area contributed by atoms with Crippen LogP contribution in [0.25, 0.3) is 0 Å². The highest BCUT2D eigenvalue weighted by Crippen LogP contribution is 2.69. The fourth-order valence-corrected chi connectivity index (χ4v) is 6.09. The van der Waals surface area contributed by atoms with Crippen LogP contribution in [0.5, 0.6) is 0 Å². The Bertz CT molecular complexity index is 1010.